The van der Waals surface area contributed by atoms with E-state index in [2.05, 4.69) is 66.0 Å². The molecule has 2 heteroatoms. The lowest BCUT2D eigenvalue weighted by molar-refractivity contribution is 0.334. The van der Waals surface area contributed by atoms with Gasteiger partial charge in [-0.3, -0.25) is 4.99 Å². The van der Waals surface area contributed by atoms with Gasteiger partial charge in [0.25, 0.3) is 0 Å². The molecule has 0 aromatic carbocycles. The van der Waals surface area contributed by atoms with E-state index in [1.807, 2.05) is 6.20 Å². The number of allylic oxidation sites excluding steroid dienone is 1. The zero-order valence-corrected chi connectivity index (χ0v) is 15.3. The molecule has 0 spiro atoms. The summed E-state index contributed by atoms with van der Waals surface area (Å²) < 4.78 is 0. The van der Waals surface area contributed by atoms with Gasteiger partial charge in [-0.25, -0.2) is 0 Å². The fraction of sp³-hybridized carbons (Fsp3) is 0.737. The molecule has 0 amide bonds. The third kappa shape index (κ3) is 9.49. The van der Waals surface area contributed by atoms with Crippen LogP contribution in [-0.2, 0) is 0 Å². The largest absolute Gasteiger partial charge is 0.377 e. The van der Waals surface area contributed by atoms with Gasteiger partial charge in [0.2, 0.25) is 0 Å². The molecule has 0 fully saturated rings. The Balaban J connectivity index is 4.68. The first-order chi connectivity index (χ1) is 9.79. The molecule has 1 atom stereocenters. The maximum atomic E-state index is 4.84. The van der Waals surface area contributed by atoms with E-state index < -0.39 is 0 Å². The zero-order chi connectivity index (χ0) is 16.4. The van der Waals surface area contributed by atoms with Gasteiger partial charge in [-0.05, 0) is 50.8 Å². The Labute approximate surface area is 133 Å². The minimum atomic E-state index is 0.414. The van der Waals surface area contributed by atoms with E-state index in [4.69, 9.17) is 4.99 Å². The molecule has 1 unspecified atom stereocenters. The van der Waals surface area contributed by atoms with E-state index in [0.717, 1.165) is 25.9 Å². The summed E-state index contributed by atoms with van der Waals surface area (Å²) in [7, 11) is 0. The second-order valence-electron chi connectivity index (χ2n) is 6.78. The second kappa shape index (κ2) is 10.6. The van der Waals surface area contributed by atoms with Crippen molar-refractivity contribution in [3.05, 3.63) is 24.4 Å². The quantitative estimate of drug-likeness (QED) is 0.498. The van der Waals surface area contributed by atoms with Gasteiger partial charge in [0, 0.05) is 24.8 Å². The Kier molecular flexibility index (Phi) is 10.1. The molecule has 0 bridgehead atoms. The van der Waals surface area contributed by atoms with Crippen molar-refractivity contribution in [2.45, 2.75) is 67.3 Å². The highest BCUT2D eigenvalue weighted by atomic mass is 15.1. The lowest BCUT2D eigenvalue weighted by Gasteiger charge is -2.22. The number of hydrogen-bond acceptors (Lipinski definition) is 2. The summed E-state index contributed by atoms with van der Waals surface area (Å²) >= 11 is 0. The van der Waals surface area contributed by atoms with Crippen LogP contribution in [0, 0.1) is 11.8 Å². The molecule has 21 heavy (non-hydrogen) atoms. The molecule has 0 rings (SSSR count). The molecule has 0 N–H and O–H groups in total. The summed E-state index contributed by atoms with van der Waals surface area (Å²) in [6, 6.07) is 0.414. The Morgan fingerprint density at radius 2 is 1.81 bits per heavy atom. The van der Waals surface area contributed by atoms with Gasteiger partial charge in [0.05, 0.1) is 0 Å². The van der Waals surface area contributed by atoms with Crippen molar-refractivity contribution in [3.63, 3.8) is 0 Å². The van der Waals surface area contributed by atoms with Gasteiger partial charge in [0.1, 0.15) is 0 Å². The molecule has 0 aliphatic heterocycles. The van der Waals surface area contributed by atoms with Crippen LogP contribution in [0.15, 0.2) is 29.4 Å². The van der Waals surface area contributed by atoms with Gasteiger partial charge < -0.3 is 4.90 Å². The Morgan fingerprint density at radius 3 is 2.24 bits per heavy atom. The third-order valence-corrected chi connectivity index (χ3v) is 3.60. The minimum Gasteiger partial charge on any atom is -0.377 e. The highest BCUT2D eigenvalue weighted by Crippen LogP contribution is 2.10. The number of rotatable bonds is 10. The number of nitrogens with zero attached hydrogens (tertiary/aromatic N) is 2. The summed E-state index contributed by atoms with van der Waals surface area (Å²) in [5.74, 6) is 1.16. The van der Waals surface area contributed by atoms with Crippen LogP contribution in [0.25, 0.3) is 0 Å². The van der Waals surface area contributed by atoms with Gasteiger partial charge in [-0.1, -0.05) is 46.8 Å². The normalized spacial score (nSPS) is 14.7. The highest BCUT2D eigenvalue weighted by Gasteiger charge is 2.07. The van der Waals surface area contributed by atoms with Crippen LogP contribution in [0.1, 0.15) is 61.3 Å². The predicted octanol–water partition coefficient (Wildman–Crippen LogP) is 5.32. The maximum Gasteiger partial charge on any atom is 0.0472 e. The molecule has 2 nitrogen and oxygen atoms in total. The van der Waals surface area contributed by atoms with Crippen molar-refractivity contribution >= 4 is 5.71 Å². The Bertz CT molecular complexity index is 351. The maximum absolute atomic E-state index is 4.84. The molecule has 0 radical (unpaired) electrons. The van der Waals surface area contributed by atoms with E-state index in [-0.39, 0.29) is 0 Å². The first kappa shape index (κ1) is 19.9. The van der Waals surface area contributed by atoms with Crippen LogP contribution in [0.4, 0.5) is 0 Å². The monoisotopic (exact) mass is 292 g/mol. The number of aliphatic imine (C=N–C) groups is 1. The average Bonchev–Trinajstić information content (AvgIpc) is 2.41. The van der Waals surface area contributed by atoms with Crippen LogP contribution >= 0.6 is 0 Å². The van der Waals surface area contributed by atoms with E-state index in [9.17, 15) is 0 Å². The minimum absolute atomic E-state index is 0.414. The second-order valence-corrected chi connectivity index (χ2v) is 6.78. The molecule has 0 heterocycles. The Hall–Kier alpha value is -1.05. The first-order valence-corrected chi connectivity index (χ1v) is 8.41. The van der Waals surface area contributed by atoms with Crippen LogP contribution < -0.4 is 0 Å². The van der Waals surface area contributed by atoms with E-state index in [1.165, 1.54) is 11.3 Å². The smallest absolute Gasteiger partial charge is 0.0472 e. The fourth-order valence-corrected chi connectivity index (χ4v) is 2.07. The van der Waals surface area contributed by atoms with Crippen molar-refractivity contribution in [2.24, 2.45) is 16.8 Å². The van der Waals surface area contributed by atoms with Crippen molar-refractivity contribution in [2.75, 3.05) is 13.1 Å². The number of hydrogen-bond donors (Lipinski definition) is 0. The van der Waals surface area contributed by atoms with E-state index >= 15 is 0 Å². The van der Waals surface area contributed by atoms with E-state index in [0.29, 0.717) is 17.9 Å². The van der Waals surface area contributed by atoms with Crippen LogP contribution in [0.3, 0.4) is 0 Å². The van der Waals surface area contributed by atoms with Gasteiger partial charge in [-0.15, -0.1) is 0 Å². The van der Waals surface area contributed by atoms with Gasteiger partial charge in [-0.2, -0.15) is 0 Å². The van der Waals surface area contributed by atoms with Crippen molar-refractivity contribution in [1.29, 1.82) is 0 Å². The molecule has 122 valence electrons. The lowest BCUT2D eigenvalue weighted by Crippen LogP contribution is -2.23. The molecule has 0 aliphatic carbocycles. The average molecular weight is 293 g/mol. The van der Waals surface area contributed by atoms with Crippen LogP contribution in [0.2, 0.25) is 0 Å². The van der Waals surface area contributed by atoms with Crippen LogP contribution in [0.5, 0.6) is 0 Å². The highest BCUT2D eigenvalue weighted by molar-refractivity contribution is 5.97. The molecule has 0 saturated carbocycles. The molecular formula is C19H36N2. The van der Waals surface area contributed by atoms with Crippen molar-refractivity contribution in [1.82, 2.24) is 4.90 Å². The summed E-state index contributed by atoms with van der Waals surface area (Å²) in [6.45, 7) is 21.6. The third-order valence-electron chi connectivity index (χ3n) is 3.60. The van der Waals surface area contributed by atoms with Crippen molar-refractivity contribution < 1.29 is 0 Å². The summed E-state index contributed by atoms with van der Waals surface area (Å²) in [4.78, 5) is 7.15. The first-order valence-electron chi connectivity index (χ1n) is 8.41. The molecule has 0 aliphatic rings. The summed E-state index contributed by atoms with van der Waals surface area (Å²) in [5.41, 5.74) is 2.64. The van der Waals surface area contributed by atoms with E-state index in [1.54, 1.807) is 0 Å². The molecule has 0 aromatic rings. The summed E-state index contributed by atoms with van der Waals surface area (Å²) in [6.07, 6.45) is 6.42. The summed E-state index contributed by atoms with van der Waals surface area (Å²) in [5, 5.41) is 0. The van der Waals surface area contributed by atoms with Gasteiger partial charge >= 0.3 is 0 Å². The SMILES string of the molecule is C=CN(CC/C(C)=C/C(=NC(C)CC)C(C)C)CC(C)C. The fourth-order valence-electron chi connectivity index (χ4n) is 2.07. The lowest BCUT2D eigenvalue weighted by atomic mass is 10.0. The van der Waals surface area contributed by atoms with Gasteiger partial charge in [0.15, 0.2) is 0 Å². The zero-order valence-electron chi connectivity index (χ0n) is 15.3. The molecule has 0 aromatic heterocycles. The molecular weight excluding hydrogens is 256 g/mol. The Morgan fingerprint density at radius 1 is 1.19 bits per heavy atom. The topological polar surface area (TPSA) is 15.6 Å². The standard InChI is InChI=1S/C19H36N2/c1-9-18(8)20-19(16(5)6)13-17(7)11-12-21(10-2)14-15(3)4/h10,13,15-16,18H,2,9,11-12,14H2,1,3-8H3/b17-13+,20-19?. The van der Waals surface area contributed by atoms with Crippen LogP contribution in [-0.4, -0.2) is 29.7 Å². The molecule has 0 saturated heterocycles. The predicted molar refractivity (Wildman–Crippen MR) is 97.0 cm³/mol. The van der Waals surface area contributed by atoms with Crippen molar-refractivity contribution in [3.8, 4) is 0 Å².